The average Bonchev–Trinajstić information content (AvgIpc) is 2.62. The summed E-state index contributed by atoms with van der Waals surface area (Å²) in [4.78, 5) is 6.50. The molecular weight excluding hydrogens is 310 g/mol. The summed E-state index contributed by atoms with van der Waals surface area (Å²) < 4.78 is 27.7. The third-order valence-corrected chi connectivity index (χ3v) is 7.11. The molecule has 5 nitrogen and oxygen atoms in total. The number of hydrogen-bond donors (Lipinski definition) is 1. The molecule has 1 saturated heterocycles. The van der Waals surface area contributed by atoms with Crippen LogP contribution in [-0.2, 0) is 10.0 Å². The molecule has 1 N–H and O–H groups in total. The topological polar surface area (TPSA) is 62.3 Å². The summed E-state index contributed by atoms with van der Waals surface area (Å²) in [5.41, 5.74) is 1.16. The van der Waals surface area contributed by atoms with Crippen LogP contribution in [0.3, 0.4) is 0 Å². The van der Waals surface area contributed by atoms with Gasteiger partial charge in [-0.05, 0) is 43.7 Å². The van der Waals surface area contributed by atoms with Gasteiger partial charge in [-0.15, -0.1) is 0 Å². The zero-order valence-corrected chi connectivity index (χ0v) is 14.5. The maximum Gasteiger partial charge on any atom is 0.214 e. The Labute approximate surface area is 139 Å². The summed E-state index contributed by atoms with van der Waals surface area (Å²) in [5, 5.41) is -0.160. The quantitative estimate of drug-likeness (QED) is 0.897. The maximum atomic E-state index is 12.4. The van der Waals surface area contributed by atoms with E-state index < -0.39 is 10.0 Å². The van der Waals surface area contributed by atoms with Crippen molar-refractivity contribution in [1.29, 1.82) is 0 Å². The molecule has 0 unspecified atom stereocenters. The maximum absolute atomic E-state index is 12.4. The third kappa shape index (κ3) is 4.44. The van der Waals surface area contributed by atoms with E-state index in [0.717, 1.165) is 57.3 Å². The van der Waals surface area contributed by atoms with Crippen molar-refractivity contribution in [1.82, 2.24) is 9.71 Å². The predicted molar refractivity (Wildman–Crippen MR) is 93.0 cm³/mol. The molecule has 0 aromatic carbocycles. The van der Waals surface area contributed by atoms with Crippen LogP contribution in [0.5, 0.6) is 0 Å². The van der Waals surface area contributed by atoms with Gasteiger partial charge in [-0.3, -0.25) is 4.98 Å². The van der Waals surface area contributed by atoms with Crippen molar-refractivity contribution >= 4 is 15.7 Å². The Morgan fingerprint density at radius 3 is 2.52 bits per heavy atom. The van der Waals surface area contributed by atoms with E-state index in [9.17, 15) is 8.42 Å². The van der Waals surface area contributed by atoms with Crippen LogP contribution >= 0.6 is 0 Å². The molecule has 1 aromatic heterocycles. The minimum atomic E-state index is -3.12. The lowest BCUT2D eigenvalue weighted by molar-refractivity contribution is 0.398. The van der Waals surface area contributed by atoms with E-state index in [1.807, 2.05) is 12.3 Å². The average molecular weight is 337 g/mol. The van der Waals surface area contributed by atoms with Gasteiger partial charge in [0, 0.05) is 25.8 Å². The first kappa shape index (κ1) is 16.7. The lowest BCUT2D eigenvalue weighted by Gasteiger charge is -2.33. The summed E-state index contributed by atoms with van der Waals surface area (Å²) in [7, 11) is -3.12. The van der Waals surface area contributed by atoms with Gasteiger partial charge in [0.15, 0.2) is 0 Å². The van der Waals surface area contributed by atoms with Crippen LogP contribution in [0.25, 0.3) is 0 Å². The lowest BCUT2D eigenvalue weighted by atomic mass is 9.97. The summed E-state index contributed by atoms with van der Waals surface area (Å²) in [6, 6.07) is 4.04. The number of hydrogen-bond acceptors (Lipinski definition) is 4. The van der Waals surface area contributed by atoms with E-state index in [2.05, 4.69) is 20.7 Å². The van der Waals surface area contributed by atoms with Gasteiger partial charge in [-0.2, -0.15) is 0 Å². The Morgan fingerprint density at radius 2 is 1.87 bits per heavy atom. The minimum Gasteiger partial charge on any atom is -0.370 e. The number of anilines is 1. The van der Waals surface area contributed by atoms with E-state index in [0.29, 0.717) is 12.5 Å². The van der Waals surface area contributed by atoms with Gasteiger partial charge >= 0.3 is 0 Å². The van der Waals surface area contributed by atoms with E-state index in [1.54, 1.807) is 6.20 Å². The lowest BCUT2D eigenvalue weighted by Crippen LogP contribution is -2.41. The van der Waals surface area contributed by atoms with E-state index >= 15 is 0 Å². The fourth-order valence-electron chi connectivity index (χ4n) is 3.66. The Morgan fingerprint density at radius 1 is 1.13 bits per heavy atom. The van der Waals surface area contributed by atoms with Crippen LogP contribution in [-0.4, -0.2) is 38.3 Å². The Hall–Kier alpha value is -1.14. The Balaban J connectivity index is 1.45. The number of rotatable bonds is 5. The second kappa shape index (κ2) is 7.62. The van der Waals surface area contributed by atoms with Gasteiger partial charge in [0.2, 0.25) is 10.0 Å². The number of piperidine rings is 1. The molecular formula is C17H27N3O2S. The molecule has 128 valence electrons. The van der Waals surface area contributed by atoms with Crippen LogP contribution < -0.4 is 9.62 Å². The first-order chi connectivity index (χ1) is 11.1. The van der Waals surface area contributed by atoms with Gasteiger partial charge < -0.3 is 4.90 Å². The van der Waals surface area contributed by atoms with Crippen LogP contribution in [0.1, 0.15) is 44.9 Å². The molecule has 0 radical (unpaired) electrons. The third-order valence-electron chi connectivity index (χ3n) is 5.19. The number of nitrogens with zero attached hydrogens (tertiary/aromatic N) is 2. The number of pyridine rings is 1. The summed E-state index contributed by atoms with van der Waals surface area (Å²) in [6.07, 6.45) is 10.7. The van der Waals surface area contributed by atoms with E-state index in [1.165, 1.54) is 6.42 Å². The zero-order valence-electron chi connectivity index (χ0n) is 13.7. The van der Waals surface area contributed by atoms with Crippen LogP contribution in [0.2, 0.25) is 0 Å². The minimum absolute atomic E-state index is 0.160. The van der Waals surface area contributed by atoms with Crippen LogP contribution in [0, 0.1) is 5.92 Å². The highest BCUT2D eigenvalue weighted by Gasteiger charge is 2.28. The molecule has 2 heterocycles. The van der Waals surface area contributed by atoms with Crippen LogP contribution in [0.15, 0.2) is 24.5 Å². The molecule has 3 rings (SSSR count). The van der Waals surface area contributed by atoms with Crippen molar-refractivity contribution < 1.29 is 8.42 Å². The normalized spacial score (nSPS) is 21.5. The molecule has 0 atom stereocenters. The van der Waals surface area contributed by atoms with Crippen molar-refractivity contribution in [2.45, 2.75) is 50.2 Å². The van der Waals surface area contributed by atoms with Crippen molar-refractivity contribution in [3.05, 3.63) is 24.5 Å². The van der Waals surface area contributed by atoms with Gasteiger partial charge in [0.25, 0.3) is 0 Å². The highest BCUT2D eigenvalue weighted by atomic mass is 32.2. The van der Waals surface area contributed by atoms with Crippen molar-refractivity contribution in [3.63, 3.8) is 0 Å². The molecule has 0 amide bonds. The Bertz CT molecular complexity index is 577. The monoisotopic (exact) mass is 337 g/mol. The molecule has 23 heavy (non-hydrogen) atoms. The predicted octanol–water partition coefficient (Wildman–Crippen LogP) is 2.55. The van der Waals surface area contributed by atoms with E-state index in [4.69, 9.17) is 0 Å². The van der Waals surface area contributed by atoms with Crippen molar-refractivity contribution in [2.24, 2.45) is 5.92 Å². The molecule has 6 heteroatoms. The van der Waals surface area contributed by atoms with Gasteiger partial charge in [-0.25, -0.2) is 13.1 Å². The Kier molecular flexibility index (Phi) is 5.54. The number of nitrogens with one attached hydrogen (secondary N) is 1. The largest absolute Gasteiger partial charge is 0.370 e. The number of sulfonamides is 1. The van der Waals surface area contributed by atoms with Crippen LogP contribution in [0.4, 0.5) is 5.69 Å². The first-order valence-corrected chi connectivity index (χ1v) is 10.3. The zero-order chi connectivity index (χ0) is 16.1. The second-order valence-corrected chi connectivity index (χ2v) is 8.84. The fourth-order valence-corrected chi connectivity index (χ4v) is 5.32. The highest BCUT2D eigenvalue weighted by molar-refractivity contribution is 7.90. The molecule has 1 aromatic rings. The van der Waals surface area contributed by atoms with Crippen molar-refractivity contribution in [2.75, 3.05) is 24.5 Å². The number of aromatic nitrogens is 1. The van der Waals surface area contributed by atoms with Gasteiger partial charge in [-0.1, -0.05) is 19.3 Å². The molecule has 1 aliphatic carbocycles. The highest BCUT2D eigenvalue weighted by Crippen LogP contribution is 2.25. The second-order valence-electron chi connectivity index (χ2n) is 6.80. The summed E-state index contributed by atoms with van der Waals surface area (Å²) in [5.74, 6) is 0.446. The fraction of sp³-hybridized carbons (Fsp3) is 0.706. The van der Waals surface area contributed by atoms with Crippen molar-refractivity contribution in [3.8, 4) is 0 Å². The van der Waals surface area contributed by atoms with Gasteiger partial charge in [0.05, 0.1) is 17.1 Å². The van der Waals surface area contributed by atoms with E-state index in [-0.39, 0.29) is 5.25 Å². The molecule has 2 fully saturated rings. The molecule has 0 bridgehead atoms. The summed E-state index contributed by atoms with van der Waals surface area (Å²) in [6.45, 7) is 2.54. The molecule has 0 spiro atoms. The standard InChI is InChI=1S/C17H27N3O2S/c21-23(22,17-6-2-1-3-7-17)19-13-15-8-11-20(12-9-15)16-5-4-10-18-14-16/h4-5,10,14-15,17,19H,1-3,6-9,11-13H2. The SMILES string of the molecule is O=S(=O)(NCC1CCN(c2cccnc2)CC1)C1CCCCC1. The smallest absolute Gasteiger partial charge is 0.214 e. The summed E-state index contributed by atoms with van der Waals surface area (Å²) >= 11 is 0. The molecule has 1 aliphatic heterocycles. The molecule has 1 saturated carbocycles. The molecule has 2 aliphatic rings. The first-order valence-electron chi connectivity index (χ1n) is 8.78. The van der Waals surface area contributed by atoms with Gasteiger partial charge in [0.1, 0.15) is 0 Å².